The van der Waals surface area contributed by atoms with Crippen molar-refractivity contribution >= 4 is 29.3 Å². The van der Waals surface area contributed by atoms with Gasteiger partial charge in [0.15, 0.2) is 17.3 Å². The van der Waals surface area contributed by atoms with Crippen LogP contribution in [0.2, 0.25) is 0 Å². The van der Waals surface area contributed by atoms with E-state index >= 15 is 0 Å². The summed E-state index contributed by atoms with van der Waals surface area (Å²) in [5, 5.41) is 0. The molecule has 3 heterocycles. The van der Waals surface area contributed by atoms with Crippen molar-refractivity contribution in [1.82, 2.24) is 14.8 Å². The number of ketones is 2. The number of benzene rings is 1. The van der Waals surface area contributed by atoms with Gasteiger partial charge >= 0.3 is 6.09 Å². The van der Waals surface area contributed by atoms with Gasteiger partial charge in [0.1, 0.15) is 11.3 Å². The minimum absolute atomic E-state index is 0.0222. The number of hydrogen-bond acceptors (Lipinski definition) is 6. The molecule has 210 valence electrons. The van der Waals surface area contributed by atoms with Crippen molar-refractivity contribution in [2.75, 3.05) is 26.2 Å². The molecule has 0 N–H and O–H groups in total. The molecule has 2 aliphatic rings. The first-order valence-electron chi connectivity index (χ1n) is 13.8. The van der Waals surface area contributed by atoms with Gasteiger partial charge in [-0.25, -0.2) is 9.64 Å². The minimum atomic E-state index is -0.534. The second-order valence-electron chi connectivity index (χ2n) is 11.6. The van der Waals surface area contributed by atoms with Crippen LogP contribution in [0.3, 0.4) is 0 Å². The van der Waals surface area contributed by atoms with Crippen molar-refractivity contribution in [3.8, 4) is 0 Å². The van der Waals surface area contributed by atoms with Crippen LogP contribution < -0.4 is 0 Å². The number of Topliss-reactive ketones (excluding diaryl/α,β-unsaturated/α-hetero) is 2. The lowest BCUT2D eigenvalue weighted by molar-refractivity contribution is 0.0183. The number of rotatable bonds is 6. The van der Waals surface area contributed by atoms with E-state index in [1.165, 1.54) is 6.20 Å². The molecule has 0 radical (unpaired) electrons. The third-order valence-corrected chi connectivity index (χ3v) is 7.48. The number of pyridine rings is 1. The number of ether oxygens (including phenoxy) is 1. The number of carbonyl (C=O) groups is 4. The number of amides is 2. The van der Waals surface area contributed by atoms with Crippen molar-refractivity contribution < 1.29 is 23.9 Å². The first kappa shape index (κ1) is 28.9. The highest BCUT2D eigenvalue weighted by molar-refractivity contribution is 5.99. The van der Waals surface area contributed by atoms with Crippen molar-refractivity contribution in [3.05, 3.63) is 70.8 Å². The van der Waals surface area contributed by atoms with Crippen LogP contribution in [0.5, 0.6) is 0 Å². The summed E-state index contributed by atoms with van der Waals surface area (Å²) in [5.74, 6) is -0.166. The van der Waals surface area contributed by atoms with Gasteiger partial charge in [0.2, 0.25) is 0 Å². The van der Waals surface area contributed by atoms with E-state index in [2.05, 4.69) is 9.83 Å². The molecule has 0 bridgehead atoms. The maximum Gasteiger partial charge on any atom is 0.410 e. The Labute approximate surface area is 235 Å². The summed E-state index contributed by atoms with van der Waals surface area (Å²) >= 11 is 0. The third-order valence-electron chi connectivity index (χ3n) is 7.48. The van der Waals surface area contributed by atoms with Crippen LogP contribution in [-0.4, -0.2) is 70.1 Å². The first-order valence-corrected chi connectivity index (χ1v) is 13.8. The van der Waals surface area contributed by atoms with Crippen LogP contribution in [0, 0.1) is 18.4 Å². The van der Waals surface area contributed by atoms with Crippen LogP contribution in [0.15, 0.2) is 42.6 Å². The summed E-state index contributed by atoms with van der Waals surface area (Å²) in [5.41, 5.74) is 1.31. The predicted molar refractivity (Wildman–Crippen MR) is 149 cm³/mol. The molecule has 0 spiro atoms. The lowest BCUT2D eigenvalue weighted by Crippen LogP contribution is -2.42. The van der Waals surface area contributed by atoms with Crippen molar-refractivity contribution in [1.29, 1.82) is 0 Å². The molecule has 2 amide bonds. The summed E-state index contributed by atoms with van der Waals surface area (Å²) < 4.78 is 5.44. The van der Waals surface area contributed by atoms with Crippen molar-refractivity contribution in [2.45, 2.75) is 58.5 Å². The molecule has 2 aromatic rings. The van der Waals surface area contributed by atoms with E-state index in [0.29, 0.717) is 62.3 Å². The van der Waals surface area contributed by atoms with Gasteiger partial charge in [-0.1, -0.05) is 24.3 Å². The van der Waals surface area contributed by atoms with Crippen molar-refractivity contribution in [3.63, 3.8) is 0 Å². The number of likely N-dealkylation sites (tertiary alicyclic amines) is 2. The zero-order chi connectivity index (χ0) is 28.9. The van der Waals surface area contributed by atoms with Gasteiger partial charge in [0, 0.05) is 55.8 Å². The van der Waals surface area contributed by atoms with Crippen LogP contribution in [0.25, 0.3) is 4.85 Å². The lowest BCUT2D eigenvalue weighted by Gasteiger charge is -2.33. The highest BCUT2D eigenvalue weighted by Crippen LogP contribution is 2.26. The van der Waals surface area contributed by atoms with E-state index < -0.39 is 5.60 Å². The van der Waals surface area contributed by atoms with E-state index in [1.807, 2.05) is 20.8 Å². The molecule has 1 aromatic carbocycles. The van der Waals surface area contributed by atoms with Crippen LogP contribution in [-0.2, 0) is 4.74 Å². The van der Waals surface area contributed by atoms with E-state index in [-0.39, 0.29) is 41.1 Å². The molecule has 0 atom stereocenters. The standard InChI is InChI=1S/C31H36N4O5/c1-31(2,3)40-30(39)35-15-11-21(12-16-35)19-27(36)24-7-10-26(33-20-24)29(38)34-17-13-23(14-18-34)28(37)22-5-8-25(32-4)9-6-22/h5-10,20-21,23H,11-19H2,1-3H3. The molecule has 2 aliphatic heterocycles. The van der Waals surface area contributed by atoms with Gasteiger partial charge in [-0.2, -0.15) is 0 Å². The van der Waals surface area contributed by atoms with Crippen molar-refractivity contribution in [2.24, 2.45) is 11.8 Å². The smallest absolute Gasteiger partial charge is 0.410 e. The molecule has 9 heteroatoms. The Morgan fingerprint density at radius 2 is 1.50 bits per heavy atom. The topological polar surface area (TPSA) is 101 Å². The molecule has 1 aromatic heterocycles. The molecule has 2 fully saturated rings. The zero-order valence-electron chi connectivity index (χ0n) is 23.4. The number of hydrogen-bond donors (Lipinski definition) is 0. The summed E-state index contributed by atoms with van der Waals surface area (Å²) in [6, 6.07) is 9.92. The maximum absolute atomic E-state index is 13.0. The first-order chi connectivity index (χ1) is 19.0. The van der Waals surface area contributed by atoms with Crippen LogP contribution in [0.4, 0.5) is 10.5 Å². The third kappa shape index (κ3) is 7.32. The summed E-state index contributed by atoms with van der Waals surface area (Å²) in [6.45, 7) is 14.6. The van der Waals surface area contributed by atoms with Gasteiger partial charge in [0.25, 0.3) is 5.91 Å². The predicted octanol–water partition coefficient (Wildman–Crippen LogP) is 5.59. The second-order valence-corrected chi connectivity index (χ2v) is 11.6. The molecular weight excluding hydrogens is 508 g/mol. The Morgan fingerprint density at radius 3 is 2.05 bits per heavy atom. The number of nitrogens with zero attached hydrogens (tertiary/aromatic N) is 4. The fraction of sp³-hybridized carbons (Fsp3) is 0.484. The average Bonchev–Trinajstić information content (AvgIpc) is 2.96. The molecule has 0 unspecified atom stereocenters. The highest BCUT2D eigenvalue weighted by Gasteiger charge is 2.30. The van der Waals surface area contributed by atoms with Gasteiger partial charge in [-0.05, 0) is 64.5 Å². The Morgan fingerprint density at radius 1 is 0.900 bits per heavy atom. The van der Waals surface area contributed by atoms with E-state index in [9.17, 15) is 19.2 Å². The Bertz CT molecular complexity index is 1270. The van der Waals surface area contributed by atoms with E-state index in [1.54, 1.807) is 46.2 Å². The average molecular weight is 545 g/mol. The molecule has 0 aliphatic carbocycles. The number of carbonyl (C=O) groups excluding carboxylic acids is 4. The maximum atomic E-state index is 13.0. The second kappa shape index (κ2) is 12.4. The lowest BCUT2D eigenvalue weighted by atomic mass is 9.88. The summed E-state index contributed by atoms with van der Waals surface area (Å²) in [6.07, 6.45) is 4.13. The molecule has 40 heavy (non-hydrogen) atoms. The Kier molecular flexibility index (Phi) is 8.98. The molecule has 9 nitrogen and oxygen atoms in total. The minimum Gasteiger partial charge on any atom is -0.444 e. The Hall–Kier alpha value is -4.06. The quantitative estimate of drug-likeness (QED) is 0.347. The van der Waals surface area contributed by atoms with Gasteiger partial charge in [-0.15, -0.1) is 0 Å². The highest BCUT2D eigenvalue weighted by atomic mass is 16.6. The molecule has 0 saturated carbocycles. The molecular formula is C31H36N4O5. The fourth-order valence-electron chi connectivity index (χ4n) is 5.15. The summed E-state index contributed by atoms with van der Waals surface area (Å²) in [4.78, 5) is 62.0. The van der Waals surface area contributed by atoms with Gasteiger partial charge in [-0.3, -0.25) is 19.4 Å². The largest absolute Gasteiger partial charge is 0.444 e. The van der Waals surface area contributed by atoms with Crippen LogP contribution >= 0.6 is 0 Å². The molecule has 2 saturated heterocycles. The van der Waals surface area contributed by atoms with E-state index in [4.69, 9.17) is 11.3 Å². The summed E-state index contributed by atoms with van der Waals surface area (Å²) in [7, 11) is 0. The fourth-order valence-corrected chi connectivity index (χ4v) is 5.15. The monoisotopic (exact) mass is 544 g/mol. The zero-order valence-corrected chi connectivity index (χ0v) is 23.4. The van der Waals surface area contributed by atoms with Gasteiger partial charge < -0.3 is 14.5 Å². The normalized spacial score (nSPS) is 16.8. The number of aromatic nitrogens is 1. The molecule has 4 rings (SSSR count). The SMILES string of the molecule is [C-]#[N+]c1ccc(C(=O)C2CCN(C(=O)c3ccc(C(=O)CC4CCN(C(=O)OC(C)(C)C)CC4)cn3)CC2)cc1. The van der Waals surface area contributed by atoms with Gasteiger partial charge in [0.05, 0.1) is 6.57 Å². The Balaban J connectivity index is 1.24. The van der Waals surface area contributed by atoms with Crippen LogP contribution in [0.1, 0.15) is 84.1 Å². The number of piperidine rings is 2. The van der Waals surface area contributed by atoms with E-state index in [0.717, 1.165) is 12.8 Å².